The van der Waals surface area contributed by atoms with Gasteiger partial charge in [-0.15, -0.1) is 0 Å². The van der Waals surface area contributed by atoms with Gasteiger partial charge in [0.2, 0.25) is 5.95 Å². The van der Waals surface area contributed by atoms with Crippen LogP contribution in [0.3, 0.4) is 0 Å². The van der Waals surface area contributed by atoms with Crippen LogP contribution >= 0.6 is 0 Å². The van der Waals surface area contributed by atoms with Crippen LogP contribution in [0, 0.1) is 5.92 Å². The van der Waals surface area contributed by atoms with Crippen molar-refractivity contribution >= 4 is 22.7 Å². The van der Waals surface area contributed by atoms with Crippen molar-refractivity contribution in [2.24, 2.45) is 16.8 Å². The molecule has 0 aliphatic rings. The lowest BCUT2D eigenvalue weighted by Gasteiger charge is -2.20. The van der Waals surface area contributed by atoms with Crippen molar-refractivity contribution in [2.75, 3.05) is 18.5 Å². The number of fused-ring (bicyclic) bond motifs is 1. The van der Waals surface area contributed by atoms with Gasteiger partial charge in [0.05, 0.1) is 5.52 Å². The van der Waals surface area contributed by atoms with Gasteiger partial charge >= 0.3 is 0 Å². The first-order chi connectivity index (χ1) is 9.11. The Hall–Kier alpha value is -2.37. The minimum Gasteiger partial charge on any atom is -0.409 e. The molecule has 0 spiro atoms. The second kappa shape index (κ2) is 5.51. The molecule has 1 heterocycles. The quantitative estimate of drug-likeness (QED) is 0.375. The standard InChI is InChI=1S/C13H17N5O/c1-9(12(14)17-19)8-18(2)13-15-7-10-5-3-4-6-11(10)16-13/h3-7,9,19H,8H2,1-2H3,(H2,14,17). The summed E-state index contributed by atoms with van der Waals surface area (Å²) in [5.41, 5.74) is 6.46. The average molecular weight is 259 g/mol. The molecule has 19 heavy (non-hydrogen) atoms. The summed E-state index contributed by atoms with van der Waals surface area (Å²) in [6, 6.07) is 7.81. The molecule has 0 bridgehead atoms. The number of hydrogen-bond donors (Lipinski definition) is 2. The highest BCUT2D eigenvalue weighted by atomic mass is 16.4. The van der Waals surface area contributed by atoms with Crippen molar-refractivity contribution in [3.63, 3.8) is 0 Å². The van der Waals surface area contributed by atoms with E-state index in [1.54, 1.807) is 6.20 Å². The summed E-state index contributed by atoms with van der Waals surface area (Å²) in [4.78, 5) is 10.7. The van der Waals surface area contributed by atoms with Gasteiger partial charge in [0.25, 0.3) is 0 Å². The molecule has 0 fully saturated rings. The molecular formula is C13H17N5O. The van der Waals surface area contributed by atoms with E-state index >= 15 is 0 Å². The SMILES string of the molecule is CC(CN(C)c1ncc2ccccc2n1)/C(N)=N/O. The van der Waals surface area contributed by atoms with E-state index in [-0.39, 0.29) is 11.8 Å². The fourth-order valence-corrected chi connectivity index (χ4v) is 1.83. The molecule has 6 nitrogen and oxygen atoms in total. The van der Waals surface area contributed by atoms with Gasteiger partial charge < -0.3 is 15.8 Å². The third-order valence-corrected chi connectivity index (χ3v) is 2.99. The molecule has 6 heteroatoms. The highest BCUT2D eigenvalue weighted by molar-refractivity contribution is 5.82. The van der Waals surface area contributed by atoms with Gasteiger partial charge in [0.1, 0.15) is 5.84 Å². The van der Waals surface area contributed by atoms with Crippen molar-refractivity contribution in [3.05, 3.63) is 30.5 Å². The Labute approximate surface area is 111 Å². The van der Waals surface area contributed by atoms with Gasteiger partial charge in [0.15, 0.2) is 0 Å². The third kappa shape index (κ3) is 2.90. The van der Waals surface area contributed by atoms with E-state index < -0.39 is 0 Å². The van der Waals surface area contributed by atoms with Crippen molar-refractivity contribution < 1.29 is 5.21 Å². The fraction of sp³-hybridized carbons (Fsp3) is 0.308. The second-order valence-corrected chi connectivity index (χ2v) is 4.54. The number of aromatic nitrogens is 2. The van der Waals surface area contributed by atoms with Crippen LogP contribution in [0.2, 0.25) is 0 Å². The minimum absolute atomic E-state index is 0.0786. The first-order valence-corrected chi connectivity index (χ1v) is 6.02. The van der Waals surface area contributed by atoms with E-state index in [1.807, 2.05) is 43.1 Å². The summed E-state index contributed by atoms with van der Waals surface area (Å²) in [7, 11) is 1.88. The molecule has 0 aliphatic carbocycles. The Bertz CT molecular complexity index is 598. The van der Waals surface area contributed by atoms with Crippen LogP contribution in [0.1, 0.15) is 6.92 Å². The number of anilines is 1. The smallest absolute Gasteiger partial charge is 0.225 e. The fourth-order valence-electron chi connectivity index (χ4n) is 1.83. The van der Waals surface area contributed by atoms with E-state index in [9.17, 15) is 0 Å². The lowest BCUT2D eigenvalue weighted by atomic mass is 10.1. The van der Waals surface area contributed by atoms with Gasteiger partial charge in [-0.1, -0.05) is 30.3 Å². The highest BCUT2D eigenvalue weighted by Crippen LogP contribution is 2.14. The minimum atomic E-state index is -0.0786. The monoisotopic (exact) mass is 259 g/mol. The molecule has 2 aromatic rings. The van der Waals surface area contributed by atoms with Gasteiger partial charge in [-0.3, -0.25) is 0 Å². The molecule has 0 saturated heterocycles. The van der Waals surface area contributed by atoms with Crippen LogP contribution in [0.5, 0.6) is 0 Å². The van der Waals surface area contributed by atoms with Crippen LogP contribution in [0.25, 0.3) is 10.9 Å². The van der Waals surface area contributed by atoms with Crippen LogP contribution in [-0.2, 0) is 0 Å². The lowest BCUT2D eigenvalue weighted by molar-refractivity contribution is 0.314. The molecule has 0 aliphatic heterocycles. The van der Waals surface area contributed by atoms with Crippen molar-refractivity contribution in [1.29, 1.82) is 0 Å². The second-order valence-electron chi connectivity index (χ2n) is 4.54. The normalized spacial score (nSPS) is 13.5. The van der Waals surface area contributed by atoms with Crippen molar-refractivity contribution in [1.82, 2.24) is 9.97 Å². The molecule has 1 aromatic carbocycles. The molecule has 0 saturated carbocycles. The van der Waals surface area contributed by atoms with Crippen LogP contribution in [0.15, 0.2) is 35.6 Å². The number of amidine groups is 1. The van der Waals surface area contributed by atoms with Gasteiger partial charge in [0, 0.05) is 31.1 Å². The molecule has 0 amide bonds. The number of benzene rings is 1. The molecule has 1 atom stereocenters. The maximum atomic E-state index is 8.64. The summed E-state index contributed by atoms with van der Waals surface area (Å²) in [6.45, 7) is 2.46. The van der Waals surface area contributed by atoms with Gasteiger partial charge in [-0.05, 0) is 6.07 Å². The number of nitrogens with zero attached hydrogens (tertiary/aromatic N) is 4. The molecule has 100 valence electrons. The molecule has 3 N–H and O–H groups in total. The Morgan fingerprint density at radius 3 is 2.95 bits per heavy atom. The van der Waals surface area contributed by atoms with Gasteiger partial charge in [-0.25, -0.2) is 9.97 Å². The summed E-state index contributed by atoms with van der Waals surface area (Å²) in [5.74, 6) is 0.744. The van der Waals surface area contributed by atoms with Crippen molar-refractivity contribution in [2.45, 2.75) is 6.92 Å². The van der Waals surface area contributed by atoms with E-state index in [4.69, 9.17) is 10.9 Å². The Balaban J connectivity index is 2.19. The molecule has 1 unspecified atom stereocenters. The Morgan fingerprint density at radius 1 is 1.47 bits per heavy atom. The number of rotatable bonds is 4. The van der Waals surface area contributed by atoms with E-state index in [1.165, 1.54) is 0 Å². The summed E-state index contributed by atoms with van der Waals surface area (Å²) < 4.78 is 0. The first-order valence-electron chi connectivity index (χ1n) is 6.02. The van der Waals surface area contributed by atoms with Crippen molar-refractivity contribution in [3.8, 4) is 0 Å². The largest absolute Gasteiger partial charge is 0.409 e. The molecule has 0 radical (unpaired) electrons. The molecule has 1 aromatic heterocycles. The highest BCUT2D eigenvalue weighted by Gasteiger charge is 2.13. The summed E-state index contributed by atoms with van der Waals surface area (Å²) in [5, 5.41) is 12.7. The number of nitrogens with two attached hydrogens (primary N) is 1. The number of hydrogen-bond acceptors (Lipinski definition) is 5. The van der Waals surface area contributed by atoms with Crippen LogP contribution < -0.4 is 10.6 Å². The topological polar surface area (TPSA) is 87.6 Å². The summed E-state index contributed by atoms with van der Waals surface area (Å²) >= 11 is 0. The molecular weight excluding hydrogens is 242 g/mol. The van der Waals surface area contributed by atoms with E-state index in [0.717, 1.165) is 10.9 Å². The van der Waals surface area contributed by atoms with E-state index in [0.29, 0.717) is 12.5 Å². The zero-order valence-corrected chi connectivity index (χ0v) is 11.0. The zero-order chi connectivity index (χ0) is 13.8. The Kier molecular flexibility index (Phi) is 3.79. The maximum absolute atomic E-state index is 8.64. The third-order valence-electron chi connectivity index (χ3n) is 2.99. The predicted octanol–water partition coefficient (Wildman–Crippen LogP) is 1.45. The number of oxime groups is 1. The van der Waals surface area contributed by atoms with Crippen LogP contribution in [0.4, 0.5) is 5.95 Å². The van der Waals surface area contributed by atoms with Gasteiger partial charge in [-0.2, -0.15) is 0 Å². The first kappa shape index (κ1) is 13.1. The lowest BCUT2D eigenvalue weighted by Crippen LogP contribution is -2.33. The average Bonchev–Trinajstić information content (AvgIpc) is 2.45. The van der Waals surface area contributed by atoms with Crippen LogP contribution in [-0.4, -0.2) is 34.6 Å². The Morgan fingerprint density at radius 2 is 2.21 bits per heavy atom. The zero-order valence-electron chi connectivity index (χ0n) is 11.0. The van der Waals surface area contributed by atoms with E-state index in [2.05, 4.69) is 15.1 Å². The number of para-hydroxylation sites is 1. The predicted molar refractivity (Wildman–Crippen MR) is 75.4 cm³/mol. The summed E-state index contributed by atoms with van der Waals surface area (Å²) in [6.07, 6.45) is 1.79. The maximum Gasteiger partial charge on any atom is 0.225 e. The molecule has 2 rings (SSSR count).